The van der Waals surface area contributed by atoms with Gasteiger partial charge in [0, 0.05) is 12.5 Å². The smallest absolute Gasteiger partial charge is 0.145 e. The molecule has 0 aromatic carbocycles. The molecule has 0 saturated heterocycles. The zero-order chi connectivity index (χ0) is 8.27. The fourth-order valence-electron chi connectivity index (χ4n) is 0.680. The molecular formula is C7H6BrN3. The predicted molar refractivity (Wildman–Crippen MR) is 43.8 cm³/mol. The summed E-state index contributed by atoms with van der Waals surface area (Å²) >= 11 is 3.19. The molecule has 1 rings (SSSR count). The molecule has 0 spiro atoms. The Morgan fingerprint density at radius 3 is 2.91 bits per heavy atom. The summed E-state index contributed by atoms with van der Waals surface area (Å²) in [6.07, 6.45) is 0.744. The van der Waals surface area contributed by atoms with Crippen LogP contribution < -0.4 is 0 Å². The third-order valence-corrected chi connectivity index (χ3v) is 1.58. The summed E-state index contributed by atoms with van der Waals surface area (Å²) < 4.78 is 0.668. The number of nitrogens with zero attached hydrogens (tertiary/aromatic N) is 3. The van der Waals surface area contributed by atoms with E-state index in [4.69, 9.17) is 5.26 Å². The minimum Gasteiger partial charge on any atom is -0.226 e. The first-order chi connectivity index (χ1) is 5.26. The summed E-state index contributed by atoms with van der Waals surface area (Å²) in [5.41, 5.74) is 0.406. The molecule has 0 aliphatic carbocycles. The second-order valence-corrected chi connectivity index (χ2v) is 2.77. The van der Waals surface area contributed by atoms with Gasteiger partial charge < -0.3 is 0 Å². The average Bonchev–Trinajstić information content (AvgIpc) is 2.03. The van der Waals surface area contributed by atoms with E-state index in [1.54, 1.807) is 6.07 Å². The third-order valence-electron chi connectivity index (χ3n) is 1.17. The van der Waals surface area contributed by atoms with Gasteiger partial charge in [-0.2, -0.15) is 5.26 Å². The first-order valence-electron chi connectivity index (χ1n) is 3.20. The Balaban J connectivity index is 3.15. The van der Waals surface area contributed by atoms with Crippen LogP contribution >= 0.6 is 15.9 Å². The lowest BCUT2D eigenvalue weighted by atomic mass is 10.4. The monoisotopic (exact) mass is 211 g/mol. The first kappa shape index (κ1) is 8.15. The summed E-state index contributed by atoms with van der Waals surface area (Å²) in [6, 6.07) is 3.56. The van der Waals surface area contributed by atoms with E-state index in [9.17, 15) is 0 Å². The molecule has 56 valence electrons. The number of hydrogen-bond acceptors (Lipinski definition) is 3. The Bertz CT molecular complexity index is 303. The SMILES string of the molecule is CCc1nc(Br)cc(C#N)n1. The lowest BCUT2D eigenvalue weighted by Gasteiger charge is -1.95. The average molecular weight is 212 g/mol. The predicted octanol–water partition coefficient (Wildman–Crippen LogP) is 1.67. The molecule has 0 unspecified atom stereocenters. The highest BCUT2D eigenvalue weighted by molar-refractivity contribution is 9.10. The van der Waals surface area contributed by atoms with Gasteiger partial charge in [-0.25, -0.2) is 9.97 Å². The normalized spacial score (nSPS) is 9.18. The highest BCUT2D eigenvalue weighted by atomic mass is 79.9. The van der Waals surface area contributed by atoms with Gasteiger partial charge in [0.1, 0.15) is 22.2 Å². The van der Waals surface area contributed by atoms with Crippen LogP contribution in [0.4, 0.5) is 0 Å². The number of rotatable bonds is 1. The Kier molecular flexibility index (Phi) is 2.55. The van der Waals surface area contributed by atoms with Gasteiger partial charge in [0.2, 0.25) is 0 Å². The fraction of sp³-hybridized carbons (Fsp3) is 0.286. The molecule has 3 nitrogen and oxygen atoms in total. The van der Waals surface area contributed by atoms with Gasteiger partial charge in [0.25, 0.3) is 0 Å². The fourth-order valence-corrected chi connectivity index (χ4v) is 1.10. The van der Waals surface area contributed by atoms with E-state index in [0.717, 1.165) is 6.42 Å². The van der Waals surface area contributed by atoms with Gasteiger partial charge in [-0.3, -0.25) is 0 Å². The van der Waals surface area contributed by atoms with Crippen LogP contribution in [0.25, 0.3) is 0 Å². The van der Waals surface area contributed by atoms with E-state index in [-0.39, 0.29) is 0 Å². The lowest BCUT2D eigenvalue weighted by molar-refractivity contribution is 0.919. The van der Waals surface area contributed by atoms with Crippen molar-refractivity contribution in [2.24, 2.45) is 0 Å². The van der Waals surface area contributed by atoms with Crippen molar-refractivity contribution >= 4 is 15.9 Å². The molecule has 0 fully saturated rings. The van der Waals surface area contributed by atoms with E-state index < -0.39 is 0 Å². The van der Waals surface area contributed by atoms with Crippen molar-refractivity contribution in [1.29, 1.82) is 5.26 Å². The van der Waals surface area contributed by atoms with Crippen LogP contribution in [0.15, 0.2) is 10.7 Å². The third kappa shape index (κ3) is 1.99. The van der Waals surface area contributed by atoms with E-state index >= 15 is 0 Å². The summed E-state index contributed by atoms with van der Waals surface area (Å²) in [5.74, 6) is 0.691. The topological polar surface area (TPSA) is 49.6 Å². The molecular weight excluding hydrogens is 206 g/mol. The molecule has 0 radical (unpaired) electrons. The van der Waals surface area contributed by atoms with Gasteiger partial charge in [0.05, 0.1) is 0 Å². The molecule has 4 heteroatoms. The Hall–Kier alpha value is -0.950. The summed E-state index contributed by atoms with van der Waals surface area (Å²) in [6.45, 7) is 1.95. The lowest BCUT2D eigenvalue weighted by Crippen LogP contribution is -1.95. The van der Waals surface area contributed by atoms with Crippen molar-refractivity contribution in [1.82, 2.24) is 9.97 Å². The Labute approximate surface area is 73.2 Å². The van der Waals surface area contributed by atoms with Crippen molar-refractivity contribution in [3.8, 4) is 6.07 Å². The molecule has 0 aliphatic rings. The van der Waals surface area contributed by atoms with Crippen LogP contribution in [0.5, 0.6) is 0 Å². The number of nitriles is 1. The van der Waals surface area contributed by atoms with Gasteiger partial charge in [0.15, 0.2) is 0 Å². The van der Waals surface area contributed by atoms with Crippen LogP contribution in [-0.4, -0.2) is 9.97 Å². The number of hydrogen-bond donors (Lipinski definition) is 0. The minimum absolute atomic E-state index is 0.406. The van der Waals surface area contributed by atoms with Crippen molar-refractivity contribution in [3.05, 3.63) is 22.2 Å². The zero-order valence-electron chi connectivity index (χ0n) is 6.00. The van der Waals surface area contributed by atoms with Gasteiger partial charge in [-0.15, -0.1) is 0 Å². The molecule has 0 bridgehead atoms. The minimum atomic E-state index is 0.406. The van der Waals surface area contributed by atoms with Crippen LogP contribution in [0.1, 0.15) is 18.4 Å². The first-order valence-corrected chi connectivity index (χ1v) is 3.99. The van der Waals surface area contributed by atoms with Crippen LogP contribution in [0.3, 0.4) is 0 Å². The van der Waals surface area contributed by atoms with Crippen molar-refractivity contribution in [2.75, 3.05) is 0 Å². The molecule has 0 atom stereocenters. The standard InChI is InChI=1S/C7H6BrN3/c1-2-7-10-5(4-9)3-6(8)11-7/h3H,2H2,1H3. The molecule has 0 amide bonds. The second kappa shape index (κ2) is 3.44. The number of aromatic nitrogens is 2. The van der Waals surface area contributed by atoms with Crippen molar-refractivity contribution < 1.29 is 0 Å². The van der Waals surface area contributed by atoms with Gasteiger partial charge in [-0.1, -0.05) is 6.92 Å². The van der Waals surface area contributed by atoms with Crippen LogP contribution in [0.2, 0.25) is 0 Å². The van der Waals surface area contributed by atoms with Crippen LogP contribution in [0, 0.1) is 11.3 Å². The maximum absolute atomic E-state index is 8.52. The second-order valence-electron chi connectivity index (χ2n) is 1.96. The molecule has 1 aromatic heterocycles. The van der Waals surface area contributed by atoms with Gasteiger partial charge in [-0.05, 0) is 15.9 Å². The molecule has 11 heavy (non-hydrogen) atoms. The highest BCUT2D eigenvalue weighted by Gasteiger charge is 1.98. The maximum Gasteiger partial charge on any atom is 0.145 e. The molecule has 0 N–H and O–H groups in total. The van der Waals surface area contributed by atoms with E-state index in [0.29, 0.717) is 16.1 Å². The van der Waals surface area contributed by atoms with Crippen molar-refractivity contribution in [2.45, 2.75) is 13.3 Å². The summed E-state index contributed by atoms with van der Waals surface area (Å²) in [4.78, 5) is 8.02. The zero-order valence-corrected chi connectivity index (χ0v) is 7.59. The largest absolute Gasteiger partial charge is 0.226 e. The molecule has 1 heterocycles. The molecule has 1 aromatic rings. The van der Waals surface area contributed by atoms with E-state index in [2.05, 4.69) is 25.9 Å². The van der Waals surface area contributed by atoms with E-state index in [1.807, 2.05) is 13.0 Å². The Morgan fingerprint density at radius 2 is 2.36 bits per heavy atom. The van der Waals surface area contributed by atoms with E-state index in [1.165, 1.54) is 0 Å². The Morgan fingerprint density at radius 1 is 1.64 bits per heavy atom. The maximum atomic E-state index is 8.52. The van der Waals surface area contributed by atoms with Gasteiger partial charge >= 0.3 is 0 Å². The van der Waals surface area contributed by atoms with Crippen LogP contribution in [-0.2, 0) is 6.42 Å². The number of halogens is 1. The molecule has 0 saturated carbocycles. The van der Waals surface area contributed by atoms with Crippen molar-refractivity contribution in [3.63, 3.8) is 0 Å². The number of aryl methyl sites for hydroxylation is 1. The summed E-state index contributed by atoms with van der Waals surface area (Å²) in [7, 11) is 0. The quantitative estimate of drug-likeness (QED) is 0.665. The highest BCUT2D eigenvalue weighted by Crippen LogP contribution is 2.07. The summed E-state index contributed by atoms with van der Waals surface area (Å²) in [5, 5.41) is 8.52. The molecule has 0 aliphatic heterocycles.